The van der Waals surface area contributed by atoms with Gasteiger partial charge in [-0.3, -0.25) is 4.90 Å². The average Bonchev–Trinajstić information content (AvgIpc) is 2.62. The minimum absolute atomic E-state index is 0.0372. The summed E-state index contributed by atoms with van der Waals surface area (Å²) in [7, 11) is 0. The van der Waals surface area contributed by atoms with Crippen LogP contribution in [0.25, 0.3) is 0 Å². The van der Waals surface area contributed by atoms with Gasteiger partial charge in [-0.05, 0) is 13.5 Å². The van der Waals surface area contributed by atoms with E-state index in [0.717, 1.165) is 24.6 Å². The van der Waals surface area contributed by atoms with Crippen LogP contribution < -0.4 is 5.73 Å². The fourth-order valence-electron chi connectivity index (χ4n) is 1.26. The molecular weight excluding hydrogens is 210 g/mol. The number of hydrogen-bond acceptors (Lipinski definition) is 6. The maximum atomic E-state index is 8.73. The molecule has 5 nitrogen and oxygen atoms in total. The maximum Gasteiger partial charge on any atom is 0.203 e. The predicted molar refractivity (Wildman–Crippen MR) is 60.0 cm³/mol. The van der Waals surface area contributed by atoms with Gasteiger partial charge in [-0.2, -0.15) is 5.26 Å². The molecule has 1 aromatic heterocycles. The normalized spacial score (nSPS) is 12.7. The van der Waals surface area contributed by atoms with E-state index in [1.807, 2.05) is 6.92 Å². The van der Waals surface area contributed by atoms with Gasteiger partial charge in [0.05, 0.1) is 18.5 Å². The molecule has 0 aliphatic carbocycles. The third kappa shape index (κ3) is 3.81. The van der Waals surface area contributed by atoms with Crippen LogP contribution in [0.5, 0.6) is 0 Å². The summed E-state index contributed by atoms with van der Waals surface area (Å²) in [5, 5.41) is 17.8. The average molecular weight is 225 g/mol. The molecule has 0 saturated heterocycles. The first-order chi connectivity index (χ1) is 7.15. The molecule has 1 heterocycles. The highest BCUT2D eigenvalue weighted by atomic mass is 32.1. The molecule has 2 N–H and O–H groups in total. The van der Waals surface area contributed by atoms with Crippen molar-refractivity contribution in [3.63, 3.8) is 0 Å². The SMILES string of the molecule is CCN(Cc1nnc(N)s1)CC(C)C#N. The highest BCUT2D eigenvalue weighted by Gasteiger charge is 2.10. The minimum Gasteiger partial charge on any atom is -0.374 e. The van der Waals surface area contributed by atoms with Crippen molar-refractivity contribution in [2.45, 2.75) is 20.4 Å². The van der Waals surface area contributed by atoms with Gasteiger partial charge < -0.3 is 5.73 Å². The van der Waals surface area contributed by atoms with Crippen molar-refractivity contribution in [1.82, 2.24) is 15.1 Å². The van der Waals surface area contributed by atoms with Crippen molar-refractivity contribution in [3.8, 4) is 6.07 Å². The third-order valence-electron chi connectivity index (χ3n) is 2.04. The molecule has 0 fully saturated rings. The molecule has 1 unspecified atom stereocenters. The van der Waals surface area contributed by atoms with Crippen molar-refractivity contribution in [2.75, 3.05) is 18.8 Å². The molecular formula is C9H15N5S. The van der Waals surface area contributed by atoms with Gasteiger partial charge in [-0.25, -0.2) is 0 Å². The Labute approximate surface area is 93.5 Å². The third-order valence-corrected chi connectivity index (χ3v) is 2.78. The van der Waals surface area contributed by atoms with Crippen LogP contribution in [0, 0.1) is 17.2 Å². The summed E-state index contributed by atoms with van der Waals surface area (Å²) < 4.78 is 0. The summed E-state index contributed by atoms with van der Waals surface area (Å²) in [5.74, 6) is 0.0372. The summed E-state index contributed by atoms with van der Waals surface area (Å²) in [6.07, 6.45) is 0. The number of nitrogen functional groups attached to an aromatic ring is 1. The maximum absolute atomic E-state index is 8.73. The summed E-state index contributed by atoms with van der Waals surface area (Å²) in [4.78, 5) is 2.16. The molecule has 15 heavy (non-hydrogen) atoms. The second-order valence-corrected chi connectivity index (χ2v) is 4.49. The second kappa shape index (κ2) is 5.63. The van der Waals surface area contributed by atoms with Gasteiger partial charge >= 0.3 is 0 Å². The lowest BCUT2D eigenvalue weighted by atomic mass is 10.2. The molecule has 0 aliphatic heterocycles. The van der Waals surface area contributed by atoms with Crippen molar-refractivity contribution in [1.29, 1.82) is 5.26 Å². The van der Waals surface area contributed by atoms with Crippen LogP contribution in [-0.2, 0) is 6.54 Å². The Morgan fingerprint density at radius 1 is 1.60 bits per heavy atom. The molecule has 0 aliphatic rings. The first kappa shape index (κ1) is 11.9. The summed E-state index contributed by atoms with van der Waals surface area (Å²) in [6.45, 7) is 6.35. The van der Waals surface area contributed by atoms with Crippen molar-refractivity contribution < 1.29 is 0 Å². The molecule has 0 radical (unpaired) electrons. The first-order valence-corrected chi connectivity index (χ1v) is 5.67. The monoisotopic (exact) mass is 225 g/mol. The van der Waals surface area contributed by atoms with E-state index in [4.69, 9.17) is 11.0 Å². The van der Waals surface area contributed by atoms with Crippen LogP contribution in [0.2, 0.25) is 0 Å². The van der Waals surface area contributed by atoms with E-state index < -0.39 is 0 Å². The number of anilines is 1. The van der Waals surface area contributed by atoms with Crippen molar-refractivity contribution >= 4 is 16.5 Å². The minimum atomic E-state index is 0.0372. The second-order valence-electron chi connectivity index (χ2n) is 3.39. The van der Waals surface area contributed by atoms with E-state index in [1.165, 1.54) is 11.3 Å². The summed E-state index contributed by atoms with van der Waals surface area (Å²) >= 11 is 1.40. The van der Waals surface area contributed by atoms with Crippen LogP contribution in [0.15, 0.2) is 0 Å². The van der Waals surface area contributed by atoms with Gasteiger partial charge in [-0.15, -0.1) is 10.2 Å². The lowest BCUT2D eigenvalue weighted by Crippen LogP contribution is -2.27. The van der Waals surface area contributed by atoms with E-state index in [2.05, 4.69) is 28.1 Å². The van der Waals surface area contributed by atoms with Crippen LogP contribution in [-0.4, -0.2) is 28.2 Å². The molecule has 82 valence electrons. The molecule has 0 saturated carbocycles. The van der Waals surface area contributed by atoms with Gasteiger partial charge in [0.25, 0.3) is 0 Å². The molecule has 0 spiro atoms. The quantitative estimate of drug-likeness (QED) is 0.811. The van der Waals surface area contributed by atoms with Gasteiger partial charge in [0, 0.05) is 6.54 Å². The highest BCUT2D eigenvalue weighted by molar-refractivity contribution is 7.15. The number of hydrogen-bond donors (Lipinski definition) is 1. The van der Waals surface area contributed by atoms with Gasteiger partial charge in [-0.1, -0.05) is 18.3 Å². The topological polar surface area (TPSA) is 78.8 Å². The van der Waals surface area contributed by atoms with Gasteiger partial charge in [0.2, 0.25) is 5.13 Å². The number of rotatable bonds is 5. The predicted octanol–water partition coefficient (Wildman–Crippen LogP) is 1.10. The van der Waals surface area contributed by atoms with E-state index in [9.17, 15) is 0 Å². The zero-order chi connectivity index (χ0) is 11.3. The van der Waals surface area contributed by atoms with Crippen LogP contribution in [0.1, 0.15) is 18.9 Å². The number of nitrogens with zero attached hydrogens (tertiary/aromatic N) is 4. The van der Waals surface area contributed by atoms with E-state index >= 15 is 0 Å². The van der Waals surface area contributed by atoms with Crippen LogP contribution >= 0.6 is 11.3 Å². The highest BCUT2D eigenvalue weighted by Crippen LogP contribution is 2.13. The van der Waals surface area contributed by atoms with Crippen molar-refractivity contribution in [2.24, 2.45) is 5.92 Å². The molecule has 1 atom stereocenters. The fourth-order valence-corrected chi connectivity index (χ4v) is 1.91. The Morgan fingerprint density at radius 3 is 2.80 bits per heavy atom. The molecule has 0 bridgehead atoms. The number of nitriles is 1. The van der Waals surface area contributed by atoms with E-state index in [0.29, 0.717) is 5.13 Å². The smallest absolute Gasteiger partial charge is 0.203 e. The van der Waals surface area contributed by atoms with Crippen LogP contribution in [0.4, 0.5) is 5.13 Å². The molecule has 1 aromatic rings. The fraction of sp³-hybridized carbons (Fsp3) is 0.667. The van der Waals surface area contributed by atoms with E-state index in [1.54, 1.807) is 0 Å². The molecule has 6 heteroatoms. The lowest BCUT2D eigenvalue weighted by Gasteiger charge is -2.19. The van der Waals surface area contributed by atoms with Gasteiger partial charge in [0.15, 0.2) is 0 Å². The first-order valence-electron chi connectivity index (χ1n) is 4.85. The summed E-state index contributed by atoms with van der Waals surface area (Å²) in [5.41, 5.74) is 5.50. The zero-order valence-corrected chi connectivity index (χ0v) is 9.79. The van der Waals surface area contributed by atoms with Gasteiger partial charge in [0.1, 0.15) is 5.01 Å². The Balaban J connectivity index is 2.51. The number of nitrogens with two attached hydrogens (primary N) is 1. The van der Waals surface area contributed by atoms with Crippen molar-refractivity contribution in [3.05, 3.63) is 5.01 Å². The van der Waals surface area contributed by atoms with E-state index in [-0.39, 0.29) is 5.92 Å². The Hall–Kier alpha value is -1.19. The zero-order valence-electron chi connectivity index (χ0n) is 8.97. The molecule has 1 rings (SSSR count). The Bertz CT molecular complexity index is 343. The lowest BCUT2D eigenvalue weighted by molar-refractivity contribution is 0.259. The molecule has 0 amide bonds. The Kier molecular flexibility index (Phi) is 4.46. The standard InChI is InChI=1S/C9H15N5S/c1-3-14(5-7(2)4-10)6-8-12-13-9(11)15-8/h7H,3,5-6H2,1-2H3,(H2,11,13). The molecule has 0 aromatic carbocycles. The number of aromatic nitrogens is 2. The Morgan fingerprint density at radius 2 is 2.33 bits per heavy atom. The summed E-state index contributed by atoms with van der Waals surface area (Å²) in [6, 6.07) is 2.22. The van der Waals surface area contributed by atoms with Crippen LogP contribution in [0.3, 0.4) is 0 Å². The largest absolute Gasteiger partial charge is 0.374 e.